The van der Waals surface area contributed by atoms with Crippen molar-refractivity contribution in [3.8, 4) is 0 Å². The van der Waals surface area contributed by atoms with Crippen LogP contribution in [0.4, 0.5) is 10.1 Å². The van der Waals surface area contributed by atoms with Crippen LogP contribution in [0, 0.1) is 5.82 Å². The van der Waals surface area contributed by atoms with E-state index in [-0.39, 0.29) is 10.9 Å². The molecule has 7 heteroatoms. The van der Waals surface area contributed by atoms with Gasteiger partial charge in [-0.1, -0.05) is 6.07 Å². The fourth-order valence-corrected chi connectivity index (χ4v) is 4.23. The Morgan fingerprint density at radius 2 is 2.00 bits per heavy atom. The molecule has 1 aliphatic rings. The van der Waals surface area contributed by atoms with Crippen LogP contribution in [0.2, 0.25) is 0 Å². The van der Waals surface area contributed by atoms with E-state index in [1.54, 1.807) is 24.7 Å². The first-order chi connectivity index (χ1) is 11.7. The van der Waals surface area contributed by atoms with Gasteiger partial charge in [-0.25, -0.2) is 8.60 Å². The molecule has 1 unspecified atom stereocenters. The van der Waals surface area contributed by atoms with Crippen LogP contribution < -0.4 is 4.72 Å². The van der Waals surface area contributed by atoms with Crippen molar-refractivity contribution < 1.29 is 8.60 Å². The molecule has 1 saturated carbocycles. The number of nitrogens with zero attached hydrogens (tertiary/aromatic N) is 2. The SMILES string of the molecule is O=S(Nc1ccc2c3cnccc3c3cn[nH]c3c2c1F)C1CC1. The van der Waals surface area contributed by atoms with Crippen molar-refractivity contribution in [3.63, 3.8) is 0 Å². The van der Waals surface area contributed by atoms with Gasteiger partial charge >= 0.3 is 0 Å². The average molecular weight is 340 g/mol. The molecule has 1 atom stereocenters. The highest BCUT2D eigenvalue weighted by Gasteiger charge is 2.29. The summed E-state index contributed by atoms with van der Waals surface area (Å²) in [4.78, 5) is 4.17. The van der Waals surface area contributed by atoms with Crippen LogP contribution in [0.3, 0.4) is 0 Å². The summed E-state index contributed by atoms with van der Waals surface area (Å²) in [6.45, 7) is 0. The van der Waals surface area contributed by atoms with Crippen LogP contribution in [0.15, 0.2) is 36.8 Å². The highest BCUT2D eigenvalue weighted by atomic mass is 32.2. The number of hydrogen-bond acceptors (Lipinski definition) is 3. The molecule has 2 N–H and O–H groups in total. The third-order valence-corrected chi connectivity index (χ3v) is 5.97. The first-order valence-corrected chi connectivity index (χ1v) is 8.93. The summed E-state index contributed by atoms with van der Waals surface area (Å²) < 4.78 is 30.1. The van der Waals surface area contributed by atoms with Gasteiger partial charge in [-0.2, -0.15) is 5.10 Å². The van der Waals surface area contributed by atoms with Gasteiger partial charge in [0, 0.05) is 28.6 Å². The number of aromatic nitrogens is 3. The smallest absolute Gasteiger partial charge is 0.157 e. The number of aromatic amines is 1. The summed E-state index contributed by atoms with van der Waals surface area (Å²) in [7, 11) is -1.24. The highest BCUT2D eigenvalue weighted by Crippen LogP contribution is 2.37. The number of pyridine rings is 1. The number of H-pyrrole nitrogens is 1. The third-order valence-electron chi connectivity index (χ3n) is 4.47. The predicted molar refractivity (Wildman–Crippen MR) is 93.6 cm³/mol. The second kappa shape index (κ2) is 4.98. The topological polar surface area (TPSA) is 70.7 Å². The molecule has 4 aromatic rings. The Morgan fingerprint density at radius 3 is 2.83 bits per heavy atom. The zero-order valence-corrected chi connectivity index (χ0v) is 13.4. The number of fused-ring (bicyclic) bond motifs is 6. The lowest BCUT2D eigenvalue weighted by Crippen LogP contribution is -2.10. The number of anilines is 1. The molecule has 0 radical (unpaired) electrons. The van der Waals surface area contributed by atoms with E-state index in [0.717, 1.165) is 34.4 Å². The van der Waals surface area contributed by atoms with Crippen molar-refractivity contribution in [1.29, 1.82) is 0 Å². The van der Waals surface area contributed by atoms with Crippen molar-refractivity contribution in [3.05, 3.63) is 42.6 Å². The molecule has 0 bridgehead atoms. The molecule has 2 heterocycles. The summed E-state index contributed by atoms with van der Waals surface area (Å²) >= 11 is 0. The first-order valence-electron chi connectivity index (χ1n) is 7.72. The molecule has 5 nitrogen and oxygen atoms in total. The number of benzene rings is 2. The van der Waals surface area contributed by atoms with Gasteiger partial charge in [-0.15, -0.1) is 0 Å². The fraction of sp³-hybridized carbons (Fsp3) is 0.176. The fourth-order valence-electron chi connectivity index (χ4n) is 3.12. The van der Waals surface area contributed by atoms with Crippen molar-refractivity contribution >= 4 is 49.1 Å². The van der Waals surface area contributed by atoms with E-state index in [4.69, 9.17) is 0 Å². The zero-order chi connectivity index (χ0) is 16.3. The van der Waals surface area contributed by atoms with Gasteiger partial charge in [0.1, 0.15) is 11.0 Å². The van der Waals surface area contributed by atoms with Crippen molar-refractivity contribution in [2.24, 2.45) is 0 Å². The Balaban J connectivity index is 1.84. The molecule has 0 aliphatic heterocycles. The molecule has 120 valence electrons. The van der Waals surface area contributed by atoms with Gasteiger partial charge in [-0.3, -0.25) is 10.1 Å². The van der Waals surface area contributed by atoms with Gasteiger partial charge in [-0.05, 0) is 35.7 Å². The Morgan fingerprint density at radius 1 is 1.12 bits per heavy atom. The lowest BCUT2D eigenvalue weighted by atomic mass is 9.99. The molecule has 0 saturated heterocycles. The summed E-state index contributed by atoms with van der Waals surface area (Å²) in [6.07, 6.45) is 7.00. The van der Waals surface area contributed by atoms with Crippen LogP contribution in [-0.2, 0) is 11.0 Å². The molecule has 2 aromatic carbocycles. The van der Waals surface area contributed by atoms with Crippen LogP contribution in [-0.4, -0.2) is 24.6 Å². The van der Waals surface area contributed by atoms with Crippen LogP contribution in [0.25, 0.3) is 32.4 Å². The second-order valence-corrected chi connectivity index (χ2v) is 7.49. The molecule has 2 aromatic heterocycles. The highest BCUT2D eigenvalue weighted by molar-refractivity contribution is 7.87. The van der Waals surface area contributed by atoms with E-state index in [9.17, 15) is 4.21 Å². The van der Waals surface area contributed by atoms with E-state index in [1.807, 2.05) is 12.1 Å². The van der Waals surface area contributed by atoms with Gasteiger partial charge in [0.2, 0.25) is 0 Å². The number of hydrogen-bond donors (Lipinski definition) is 2. The second-order valence-electron chi connectivity index (χ2n) is 6.03. The molecule has 0 spiro atoms. The Hall–Kier alpha value is -2.54. The van der Waals surface area contributed by atoms with Gasteiger partial charge in [0.15, 0.2) is 5.82 Å². The molecule has 24 heavy (non-hydrogen) atoms. The van der Waals surface area contributed by atoms with Gasteiger partial charge in [0.05, 0.1) is 22.7 Å². The Kier molecular flexibility index (Phi) is 2.87. The van der Waals surface area contributed by atoms with Crippen LogP contribution >= 0.6 is 0 Å². The minimum absolute atomic E-state index is 0.132. The molecular formula is C17H13FN4OS. The maximum absolute atomic E-state index is 15.2. The van der Waals surface area contributed by atoms with Crippen LogP contribution in [0.5, 0.6) is 0 Å². The summed E-state index contributed by atoms with van der Waals surface area (Å²) in [6, 6.07) is 5.39. The maximum Gasteiger partial charge on any atom is 0.157 e. The molecule has 1 aliphatic carbocycles. The minimum Gasteiger partial charge on any atom is -0.302 e. The van der Waals surface area contributed by atoms with Crippen molar-refractivity contribution in [2.45, 2.75) is 18.1 Å². The monoisotopic (exact) mass is 340 g/mol. The summed E-state index contributed by atoms with van der Waals surface area (Å²) in [5.41, 5.74) is 0.897. The van der Waals surface area contributed by atoms with Crippen LogP contribution in [0.1, 0.15) is 12.8 Å². The van der Waals surface area contributed by atoms with E-state index >= 15 is 4.39 Å². The minimum atomic E-state index is -1.24. The van der Waals surface area contributed by atoms with E-state index in [2.05, 4.69) is 19.9 Å². The number of rotatable bonds is 3. The normalized spacial score (nSPS) is 16.0. The maximum atomic E-state index is 15.2. The largest absolute Gasteiger partial charge is 0.302 e. The first kappa shape index (κ1) is 13.9. The van der Waals surface area contributed by atoms with Crippen molar-refractivity contribution in [2.75, 3.05) is 4.72 Å². The predicted octanol–water partition coefficient (Wildman–Crippen LogP) is 3.64. The van der Waals surface area contributed by atoms with Gasteiger partial charge < -0.3 is 4.72 Å². The number of halogens is 1. The van der Waals surface area contributed by atoms with Gasteiger partial charge in [0.25, 0.3) is 0 Å². The third kappa shape index (κ3) is 1.94. The Labute approximate surface area is 138 Å². The van der Waals surface area contributed by atoms with E-state index < -0.39 is 16.8 Å². The molecular weight excluding hydrogens is 327 g/mol. The van der Waals surface area contributed by atoms with Crippen molar-refractivity contribution in [1.82, 2.24) is 15.2 Å². The van der Waals surface area contributed by atoms with E-state index in [0.29, 0.717) is 10.9 Å². The molecule has 1 fully saturated rings. The standard InChI is InChI=1S/C17H13FN4OS/c18-16-14(22-24(23)9-1-2-9)4-3-11-12-7-19-6-5-10(12)13-8-20-21-17(13)15(11)16/h3-9,22H,1-2H2,(H,20,21). The zero-order valence-electron chi connectivity index (χ0n) is 12.5. The lowest BCUT2D eigenvalue weighted by molar-refractivity contribution is 0.644. The average Bonchev–Trinajstić information content (AvgIpc) is 3.34. The van der Waals surface area contributed by atoms with E-state index in [1.165, 1.54) is 0 Å². The molecule has 5 rings (SSSR count). The quantitative estimate of drug-likeness (QED) is 0.559. The Bertz CT molecular complexity index is 1140. The summed E-state index contributed by atoms with van der Waals surface area (Å²) in [5.74, 6) is -0.415. The summed E-state index contributed by atoms with van der Waals surface area (Å²) in [5, 5.41) is 11.0. The number of nitrogens with one attached hydrogen (secondary N) is 2. The molecule has 0 amide bonds. The lowest BCUT2D eigenvalue weighted by Gasteiger charge is -2.11.